The van der Waals surface area contributed by atoms with Gasteiger partial charge in [0.05, 0.1) is 12.0 Å². The van der Waals surface area contributed by atoms with Crippen LogP contribution in [0.1, 0.15) is 12.0 Å². The van der Waals surface area contributed by atoms with E-state index in [0.29, 0.717) is 16.2 Å². The van der Waals surface area contributed by atoms with E-state index in [1.54, 1.807) is 12.1 Å². The molecule has 1 N–H and O–H groups in total. The van der Waals surface area contributed by atoms with E-state index in [0.717, 1.165) is 11.8 Å². The number of phenols is 1. The number of thiocarbonyl (C=S) groups is 1. The highest BCUT2D eigenvalue weighted by Crippen LogP contribution is 2.34. The van der Waals surface area contributed by atoms with Gasteiger partial charge in [0.1, 0.15) is 15.8 Å². The molecule has 1 aliphatic rings. The van der Waals surface area contributed by atoms with Crippen LogP contribution in [0.3, 0.4) is 0 Å². The normalized spacial score (nSPS) is 16.4. The molecular formula is C14H12NO5S2-. The van der Waals surface area contributed by atoms with Crippen molar-refractivity contribution in [3.63, 3.8) is 0 Å². The highest BCUT2D eigenvalue weighted by molar-refractivity contribution is 8.26. The number of aliphatic carboxylic acids is 1. The van der Waals surface area contributed by atoms with Gasteiger partial charge in [-0.2, -0.15) is 0 Å². The Bertz CT molecular complexity index is 671. The van der Waals surface area contributed by atoms with Crippen LogP contribution in [0.5, 0.6) is 11.5 Å². The van der Waals surface area contributed by atoms with Crippen molar-refractivity contribution in [3.8, 4) is 11.5 Å². The lowest BCUT2D eigenvalue weighted by Crippen LogP contribution is -2.33. The standard InChI is InChI=1S/C14H13NO5S2/c1-20-9-2-3-10(16)8(6-9)7-11-13(19)15(14(21)22-11)5-4-12(17)18/h2-3,6-7,16H,4-5H2,1H3,(H,17,18)/p-1/b11-7-. The molecule has 6 nitrogen and oxygen atoms in total. The zero-order valence-electron chi connectivity index (χ0n) is 11.6. The molecule has 22 heavy (non-hydrogen) atoms. The first-order valence-electron chi connectivity index (χ1n) is 6.24. The van der Waals surface area contributed by atoms with Crippen molar-refractivity contribution >= 4 is 46.3 Å². The van der Waals surface area contributed by atoms with Gasteiger partial charge in [-0.1, -0.05) is 24.0 Å². The summed E-state index contributed by atoms with van der Waals surface area (Å²) in [7, 11) is 1.50. The Hall–Kier alpha value is -2.06. The predicted octanol–water partition coefficient (Wildman–Crippen LogP) is 0.742. The second-order valence-corrected chi connectivity index (χ2v) is 6.06. The summed E-state index contributed by atoms with van der Waals surface area (Å²) in [4.78, 5) is 24.2. The molecule has 1 aliphatic heterocycles. The Morgan fingerprint density at radius 3 is 2.91 bits per heavy atom. The van der Waals surface area contributed by atoms with Crippen LogP contribution < -0.4 is 9.84 Å². The van der Waals surface area contributed by atoms with Crippen LogP contribution >= 0.6 is 24.0 Å². The van der Waals surface area contributed by atoms with Crippen molar-refractivity contribution in [2.75, 3.05) is 13.7 Å². The minimum atomic E-state index is -1.25. The number of carboxylic acids is 1. The quantitative estimate of drug-likeness (QED) is 0.625. The number of methoxy groups -OCH3 is 1. The van der Waals surface area contributed by atoms with Crippen LogP contribution in [0.25, 0.3) is 6.08 Å². The van der Waals surface area contributed by atoms with E-state index in [9.17, 15) is 19.8 Å². The molecule has 1 heterocycles. The molecule has 116 valence electrons. The van der Waals surface area contributed by atoms with Gasteiger partial charge in [-0.3, -0.25) is 9.69 Å². The zero-order chi connectivity index (χ0) is 16.3. The summed E-state index contributed by atoms with van der Waals surface area (Å²) in [5.41, 5.74) is 0.416. The number of nitrogens with zero attached hydrogens (tertiary/aromatic N) is 1. The van der Waals surface area contributed by atoms with Gasteiger partial charge in [0.15, 0.2) is 0 Å². The molecule has 0 unspecified atom stereocenters. The summed E-state index contributed by atoms with van der Waals surface area (Å²) < 4.78 is 5.35. The van der Waals surface area contributed by atoms with Crippen molar-refractivity contribution < 1.29 is 24.5 Å². The molecule has 0 spiro atoms. The number of carboxylic acid groups (broad SMARTS) is 1. The van der Waals surface area contributed by atoms with E-state index in [2.05, 4.69) is 0 Å². The highest BCUT2D eigenvalue weighted by atomic mass is 32.2. The maximum absolute atomic E-state index is 12.2. The lowest BCUT2D eigenvalue weighted by molar-refractivity contribution is -0.305. The van der Waals surface area contributed by atoms with E-state index in [1.807, 2.05) is 0 Å². The molecular weight excluding hydrogens is 326 g/mol. The van der Waals surface area contributed by atoms with E-state index in [1.165, 1.54) is 24.2 Å². The van der Waals surface area contributed by atoms with Crippen molar-refractivity contribution in [2.45, 2.75) is 6.42 Å². The molecule has 8 heteroatoms. The molecule has 1 aromatic carbocycles. The molecule has 1 fully saturated rings. The van der Waals surface area contributed by atoms with Gasteiger partial charge in [-0.25, -0.2) is 0 Å². The van der Waals surface area contributed by atoms with E-state index in [4.69, 9.17) is 17.0 Å². The number of carbonyl (C=O) groups excluding carboxylic acids is 2. The Morgan fingerprint density at radius 2 is 2.27 bits per heavy atom. The number of hydrogen-bond acceptors (Lipinski definition) is 7. The minimum Gasteiger partial charge on any atom is -0.550 e. The second kappa shape index (κ2) is 6.80. The number of rotatable bonds is 5. The molecule has 0 saturated carbocycles. The van der Waals surface area contributed by atoms with Gasteiger partial charge in [-0.15, -0.1) is 0 Å². The number of ether oxygens (including phenoxy) is 1. The lowest BCUT2D eigenvalue weighted by atomic mass is 10.1. The zero-order valence-corrected chi connectivity index (χ0v) is 13.2. The van der Waals surface area contributed by atoms with Gasteiger partial charge in [0.25, 0.3) is 5.91 Å². The minimum absolute atomic E-state index is 0.000745. The Balaban J connectivity index is 2.24. The van der Waals surface area contributed by atoms with Crippen molar-refractivity contribution in [1.82, 2.24) is 4.90 Å². The molecule has 0 bridgehead atoms. The molecule has 0 radical (unpaired) electrons. The maximum atomic E-state index is 12.2. The molecule has 1 aromatic rings. The smallest absolute Gasteiger partial charge is 0.266 e. The fraction of sp³-hybridized carbons (Fsp3) is 0.214. The third kappa shape index (κ3) is 3.58. The fourth-order valence-electron chi connectivity index (χ4n) is 1.81. The van der Waals surface area contributed by atoms with E-state index >= 15 is 0 Å². The van der Waals surface area contributed by atoms with Crippen LogP contribution in [0.15, 0.2) is 23.1 Å². The third-order valence-corrected chi connectivity index (χ3v) is 4.31. The number of amides is 1. The van der Waals surface area contributed by atoms with Crippen LogP contribution in [0, 0.1) is 0 Å². The first kappa shape index (κ1) is 16.3. The number of carbonyl (C=O) groups is 2. The largest absolute Gasteiger partial charge is 0.550 e. The van der Waals surface area contributed by atoms with Crippen molar-refractivity contribution in [2.24, 2.45) is 0 Å². The second-order valence-electron chi connectivity index (χ2n) is 4.38. The summed E-state index contributed by atoms with van der Waals surface area (Å²) in [5, 5.41) is 20.3. The molecule has 1 amide bonds. The molecule has 0 aliphatic carbocycles. The van der Waals surface area contributed by atoms with Crippen LogP contribution in [0.4, 0.5) is 0 Å². The summed E-state index contributed by atoms with van der Waals surface area (Å²) in [6, 6.07) is 4.64. The number of thioether (sulfide) groups is 1. The van der Waals surface area contributed by atoms with Gasteiger partial charge in [0, 0.05) is 24.5 Å². The topological polar surface area (TPSA) is 89.9 Å². The van der Waals surface area contributed by atoms with Crippen LogP contribution in [-0.2, 0) is 9.59 Å². The molecule has 2 rings (SSSR count). The van der Waals surface area contributed by atoms with Crippen LogP contribution in [-0.4, -0.2) is 39.9 Å². The average Bonchev–Trinajstić information content (AvgIpc) is 2.73. The molecule has 0 aromatic heterocycles. The predicted molar refractivity (Wildman–Crippen MR) is 84.2 cm³/mol. The molecule has 0 atom stereocenters. The van der Waals surface area contributed by atoms with Crippen LogP contribution in [0.2, 0.25) is 0 Å². The Morgan fingerprint density at radius 1 is 1.55 bits per heavy atom. The first-order valence-corrected chi connectivity index (χ1v) is 7.47. The maximum Gasteiger partial charge on any atom is 0.266 e. The summed E-state index contributed by atoms with van der Waals surface area (Å²) in [6.07, 6.45) is 1.21. The first-order chi connectivity index (χ1) is 10.4. The third-order valence-electron chi connectivity index (χ3n) is 2.93. The number of hydrogen-bond donors (Lipinski definition) is 1. The van der Waals surface area contributed by atoms with Gasteiger partial charge < -0.3 is 19.7 Å². The SMILES string of the molecule is COc1ccc(O)c(/C=C2\SC(=S)N(CCC(=O)[O-])C2=O)c1. The monoisotopic (exact) mass is 338 g/mol. The number of benzene rings is 1. The van der Waals surface area contributed by atoms with Gasteiger partial charge >= 0.3 is 0 Å². The Kier molecular flexibility index (Phi) is 5.04. The Labute approximate surface area is 136 Å². The lowest BCUT2D eigenvalue weighted by Gasteiger charge is -2.14. The number of phenolic OH excluding ortho intramolecular Hbond substituents is 1. The van der Waals surface area contributed by atoms with Crippen molar-refractivity contribution in [3.05, 3.63) is 28.7 Å². The van der Waals surface area contributed by atoms with E-state index < -0.39 is 11.9 Å². The molecule has 1 saturated heterocycles. The summed E-state index contributed by atoms with van der Waals surface area (Å²) in [5.74, 6) is -1.10. The number of aromatic hydroxyl groups is 1. The highest BCUT2D eigenvalue weighted by Gasteiger charge is 2.31. The van der Waals surface area contributed by atoms with Gasteiger partial charge in [0.2, 0.25) is 0 Å². The summed E-state index contributed by atoms with van der Waals surface area (Å²) >= 11 is 6.13. The van der Waals surface area contributed by atoms with Gasteiger partial charge in [-0.05, 0) is 24.3 Å². The fourth-order valence-corrected chi connectivity index (χ4v) is 3.11. The average molecular weight is 338 g/mol. The summed E-state index contributed by atoms with van der Waals surface area (Å²) in [6.45, 7) is -0.0333. The van der Waals surface area contributed by atoms with Crippen molar-refractivity contribution in [1.29, 1.82) is 0 Å². The van der Waals surface area contributed by atoms with E-state index in [-0.39, 0.29) is 23.0 Å².